The maximum absolute atomic E-state index is 11.6. The van der Waals surface area contributed by atoms with E-state index in [1.54, 1.807) is 0 Å². The van der Waals surface area contributed by atoms with Gasteiger partial charge in [0.25, 0.3) is 0 Å². The van der Waals surface area contributed by atoms with Gasteiger partial charge in [-0.15, -0.1) is 5.10 Å². The molecule has 2 N–H and O–H groups in total. The Kier molecular flexibility index (Phi) is 4.35. The van der Waals surface area contributed by atoms with E-state index in [2.05, 4.69) is 20.5 Å². The van der Waals surface area contributed by atoms with Crippen molar-refractivity contribution >= 4 is 17.7 Å². The number of carbonyl (C=O) groups is 1. The molecule has 0 unspecified atom stereocenters. The molecule has 1 amide bonds. The van der Waals surface area contributed by atoms with Crippen LogP contribution in [0.2, 0.25) is 0 Å². The highest BCUT2D eigenvalue weighted by Gasteiger charge is 2.05. The number of rotatable bonds is 5. The second kappa shape index (κ2) is 6.20. The molecule has 18 heavy (non-hydrogen) atoms. The lowest BCUT2D eigenvalue weighted by atomic mass is 10.2. The standard InChI is InChI=1S/C12H14N4OS/c1-9-14-12(16-15-9)18-8-11(17)13-7-10-5-3-2-4-6-10/h2-6H,7-8H2,1H3,(H,13,17)(H,14,15,16). The number of H-pyrrole nitrogens is 1. The molecule has 0 saturated heterocycles. The summed E-state index contributed by atoms with van der Waals surface area (Å²) >= 11 is 1.32. The lowest BCUT2D eigenvalue weighted by Crippen LogP contribution is -2.24. The highest BCUT2D eigenvalue weighted by molar-refractivity contribution is 7.99. The fourth-order valence-electron chi connectivity index (χ4n) is 1.36. The Bertz CT molecular complexity index is 512. The minimum Gasteiger partial charge on any atom is -0.351 e. The quantitative estimate of drug-likeness (QED) is 0.802. The topological polar surface area (TPSA) is 70.7 Å². The van der Waals surface area contributed by atoms with Gasteiger partial charge >= 0.3 is 0 Å². The van der Waals surface area contributed by atoms with Crippen LogP contribution >= 0.6 is 11.8 Å². The number of thioether (sulfide) groups is 1. The minimum absolute atomic E-state index is 0.0219. The molecule has 0 aliphatic heterocycles. The average Bonchev–Trinajstić information content (AvgIpc) is 2.81. The van der Waals surface area contributed by atoms with Crippen LogP contribution in [-0.4, -0.2) is 26.8 Å². The van der Waals surface area contributed by atoms with Gasteiger partial charge in [0.05, 0.1) is 5.75 Å². The van der Waals surface area contributed by atoms with Crippen molar-refractivity contribution in [3.05, 3.63) is 41.7 Å². The van der Waals surface area contributed by atoms with E-state index in [0.29, 0.717) is 17.5 Å². The summed E-state index contributed by atoms with van der Waals surface area (Å²) in [6.45, 7) is 2.37. The van der Waals surface area contributed by atoms with E-state index in [9.17, 15) is 4.79 Å². The van der Waals surface area contributed by atoms with Crippen molar-refractivity contribution in [3.8, 4) is 0 Å². The lowest BCUT2D eigenvalue weighted by Gasteiger charge is -2.03. The molecule has 0 aliphatic rings. The van der Waals surface area contributed by atoms with Gasteiger partial charge < -0.3 is 5.32 Å². The predicted octanol–water partition coefficient (Wildman–Crippen LogP) is 1.52. The first kappa shape index (κ1) is 12.6. The van der Waals surface area contributed by atoms with Gasteiger partial charge in [-0.3, -0.25) is 9.89 Å². The first-order valence-corrected chi connectivity index (χ1v) is 6.55. The third-order valence-electron chi connectivity index (χ3n) is 2.24. The van der Waals surface area contributed by atoms with E-state index in [-0.39, 0.29) is 5.91 Å². The second-order valence-corrected chi connectivity index (χ2v) is 4.70. The molecule has 1 aromatic heterocycles. The Morgan fingerprint density at radius 3 is 2.83 bits per heavy atom. The number of aromatic nitrogens is 3. The Morgan fingerprint density at radius 2 is 2.17 bits per heavy atom. The first-order chi connectivity index (χ1) is 8.74. The van der Waals surface area contributed by atoms with Crippen molar-refractivity contribution < 1.29 is 4.79 Å². The highest BCUT2D eigenvalue weighted by atomic mass is 32.2. The number of hydrogen-bond acceptors (Lipinski definition) is 4. The molecule has 0 radical (unpaired) electrons. The largest absolute Gasteiger partial charge is 0.351 e. The number of nitrogens with one attached hydrogen (secondary N) is 2. The molecular weight excluding hydrogens is 248 g/mol. The lowest BCUT2D eigenvalue weighted by molar-refractivity contribution is -0.118. The molecule has 94 valence electrons. The van der Waals surface area contributed by atoms with Gasteiger partial charge in [0.1, 0.15) is 5.82 Å². The molecule has 0 saturated carbocycles. The zero-order chi connectivity index (χ0) is 12.8. The van der Waals surface area contributed by atoms with Crippen LogP contribution in [0.15, 0.2) is 35.5 Å². The molecule has 0 spiro atoms. The average molecular weight is 262 g/mol. The summed E-state index contributed by atoms with van der Waals surface area (Å²) in [6, 6.07) is 9.81. The van der Waals surface area contributed by atoms with E-state index >= 15 is 0 Å². The van der Waals surface area contributed by atoms with Crippen LogP contribution in [0, 0.1) is 6.92 Å². The third kappa shape index (κ3) is 3.89. The van der Waals surface area contributed by atoms with Crippen molar-refractivity contribution in [2.45, 2.75) is 18.6 Å². The van der Waals surface area contributed by atoms with E-state index in [1.807, 2.05) is 37.3 Å². The smallest absolute Gasteiger partial charge is 0.230 e. The second-order valence-electron chi connectivity index (χ2n) is 3.75. The van der Waals surface area contributed by atoms with Crippen LogP contribution in [0.25, 0.3) is 0 Å². The molecule has 1 heterocycles. The maximum atomic E-state index is 11.6. The van der Waals surface area contributed by atoms with Gasteiger partial charge in [-0.1, -0.05) is 42.1 Å². The highest BCUT2D eigenvalue weighted by Crippen LogP contribution is 2.11. The number of nitrogens with zero attached hydrogens (tertiary/aromatic N) is 2. The maximum Gasteiger partial charge on any atom is 0.230 e. The molecule has 0 aliphatic carbocycles. The summed E-state index contributed by atoms with van der Waals surface area (Å²) in [5.74, 6) is 1.05. The molecule has 2 aromatic rings. The van der Waals surface area contributed by atoms with Gasteiger partial charge in [-0.25, -0.2) is 4.98 Å². The van der Waals surface area contributed by atoms with Crippen molar-refractivity contribution in [2.24, 2.45) is 0 Å². The van der Waals surface area contributed by atoms with Crippen LogP contribution in [0.5, 0.6) is 0 Å². The number of carbonyl (C=O) groups excluding carboxylic acids is 1. The molecule has 6 heteroatoms. The SMILES string of the molecule is Cc1nc(SCC(=O)NCc2ccccc2)n[nH]1. The summed E-state index contributed by atoms with van der Waals surface area (Å²) < 4.78 is 0. The number of aromatic amines is 1. The summed E-state index contributed by atoms with van der Waals surface area (Å²) in [7, 11) is 0. The summed E-state index contributed by atoms with van der Waals surface area (Å²) in [6.07, 6.45) is 0. The van der Waals surface area contributed by atoms with Crippen LogP contribution in [0.4, 0.5) is 0 Å². The van der Waals surface area contributed by atoms with Crippen LogP contribution in [0.3, 0.4) is 0 Å². The Hall–Kier alpha value is -1.82. The van der Waals surface area contributed by atoms with Crippen molar-refractivity contribution in [2.75, 3.05) is 5.75 Å². The fraction of sp³-hybridized carbons (Fsp3) is 0.250. The van der Waals surface area contributed by atoms with Gasteiger partial charge in [0, 0.05) is 6.54 Å². The van der Waals surface area contributed by atoms with Crippen LogP contribution in [-0.2, 0) is 11.3 Å². The minimum atomic E-state index is -0.0219. The molecule has 5 nitrogen and oxygen atoms in total. The van der Waals surface area contributed by atoms with Gasteiger partial charge in [0.15, 0.2) is 0 Å². The van der Waals surface area contributed by atoms with Gasteiger partial charge in [0.2, 0.25) is 11.1 Å². The zero-order valence-corrected chi connectivity index (χ0v) is 10.8. The van der Waals surface area contributed by atoms with Crippen LogP contribution in [0.1, 0.15) is 11.4 Å². The molecule has 1 aromatic carbocycles. The Balaban J connectivity index is 1.73. The predicted molar refractivity (Wildman–Crippen MR) is 70.1 cm³/mol. The van der Waals surface area contributed by atoms with E-state index in [4.69, 9.17) is 0 Å². The van der Waals surface area contributed by atoms with Crippen molar-refractivity contribution in [3.63, 3.8) is 0 Å². The van der Waals surface area contributed by atoms with E-state index < -0.39 is 0 Å². The van der Waals surface area contributed by atoms with Gasteiger partial charge in [-0.05, 0) is 12.5 Å². The monoisotopic (exact) mass is 262 g/mol. The van der Waals surface area contributed by atoms with Crippen molar-refractivity contribution in [1.29, 1.82) is 0 Å². The third-order valence-corrected chi connectivity index (χ3v) is 3.09. The Morgan fingerprint density at radius 1 is 1.39 bits per heavy atom. The number of amides is 1. The fourth-order valence-corrected chi connectivity index (χ4v) is 2.04. The summed E-state index contributed by atoms with van der Waals surface area (Å²) in [5, 5.41) is 10.1. The number of hydrogen-bond donors (Lipinski definition) is 2. The Labute approximate surface area is 109 Å². The number of benzene rings is 1. The first-order valence-electron chi connectivity index (χ1n) is 5.56. The number of aryl methyl sites for hydroxylation is 1. The molecule has 2 rings (SSSR count). The van der Waals surface area contributed by atoms with E-state index in [1.165, 1.54) is 11.8 Å². The van der Waals surface area contributed by atoms with Gasteiger partial charge in [-0.2, -0.15) is 0 Å². The molecule has 0 atom stereocenters. The normalized spacial score (nSPS) is 10.3. The molecule has 0 fully saturated rings. The van der Waals surface area contributed by atoms with E-state index in [0.717, 1.165) is 11.4 Å². The summed E-state index contributed by atoms with van der Waals surface area (Å²) in [5.41, 5.74) is 1.09. The summed E-state index contributed by atoms with van der Waals surface area (Å²) in [4.78, 5) is 15.7. The zero-order valence-electron chi connectivity index (χ0n) is 10.0. The van der Waals surface area contributed by atoms with Crippen molar-refractivity contribution in [1.82, 2.24) is 20.5 Å². The molecular formula is C12H14N4OS. The molecule has 0 bridgehead atoms. The van der Waals surface area contributed by atoms with Crippen LogP contribution < -0.4 is 5.32 Å².